The number of hydrogen-bond donors (Lipinski definition) is 3. The van der Waals surface area contributed by atoms with Gasteiger partial charge in [-0.3, -0.25) is 4.99 Å². The van der Waals surface area contributed by atoms with Gasteiger partial charge >= 0.3 is 0 Å². The lowest BCUT2D eigenvalue weighted by Gasteiger charge is -2.22. The summed E-state index contributed by atoms with van der Waals surface area (Å²) in [6.45, 7) is 6.56. The number of methoxy groups -OCH3 is 1. The van der Waals surface area contributed by atoms with Gasteiger partial charge in [0.2, 0.25) is 0 Å². The second-order valence-electron chi connectivity index (χ2n) is 6.11. The molecule has 1 aromatic rings. The maximum atomic E-state index is 7.33. The fourth-order valence-corrected chi connectivity index (χ4v) is 2.92. The van der Waals surface area contributed by atoms with Crippen molar-refractivity contribution in [3.05, 3.63) is 36.6 Å². The smallest absolute Gasteiger partial charge is 0.119 e. The molecule has 5 nitrogen and oxygen atoms in total. The maximum absolute atomic E-state index is 7.33. The minimum atomic E-state index is 0.750. The number of hydrogen-bond acceptors (Lipinski definition) is 5. The van der Waals surface area contributed by atoms with E-state index in [1.807, 2.05) is 25.4 Å². The first-order valence-electron chi connectivity index (χ1n) is 9.05. The van der Waals surface area contributed by atoms with Crippen molar-refractivity contribution < 1.29 is 9.84 Å². The molecule has 3 N–H and O–H groups in total. The lowest BCUT2D eigenvalue weighted by molar-refractivity contribution is 0.351. The first-order valence-corrected chi connectivity index (χ1v) is 9.05. The molecule has 0 aromatic heterocycles. The molecule has 0 radical (unpaired) electrons. The monoisotopic (exact) mass is 347 g/mol. The summed E-state index contributed by atoms with van der Waals surface area (Å²) in [5, 5.41) is 13.9. The first-order chi connectivity index (χ1) is 12.2. The van der Waals surface area contributed by atoms with E-state index in [2.05, 4.69) is 28.3 Å². The highest BCUT2D eigenvalue weighted by molar-refractivity contribution is 5.69. The summed E-state index contributed by atoms with van der Waals surface area (Å²) in [6.07, 6.45) is 8.95. The summed E-state index contributed by atoms with van der Waals surface area (Å²) < 4.78 is 5.13. The van der Waals surface area contributed by atoms with Crippen LogP contribution in [0.3, 0.4) is 0 Å². The van der Waals surface area contributed by atoms with Gasteiger partial charge < -0.3 is 20.5 Å². The zero-order chi connectivity index (χ0) is 18.3. The number of ether oxygens (including phenoxy) is 1. The van der Waals surface area contributed by atoms with Gasteiger partial charge in [-0.1, -0.05) is 6.58 Å². The van der Waals surface area contributed by atoms with Crippen molar-refractivity contribution in [3.63, 3.8) is 0 Å². The summed E-state index contributed by atoms with van der Waals surface area (Å²) in [5.74, 6) is 1.90. The van der Waals surface area contributed by atoms with Gasteiger partial charge in [-0.25, -0.2) is 0 Å². The molecular weight excluding hydrogens is 314 g/mol. The molecule has 2 aliphatic rings. The molecule has 0 unspecified atom stereocenters. The molecule has 0 bridgehead atoms. The van der Waals surface area contributed by atoms with Crippen molar-refractivity contribution in [2.24, 2.45) is 10.9 Å². The third kappa shape index (κ3) is 8.70. The Morgan fingerprint density at radius 1 is 1.40 bits per heavy atom. The average Bonchev–Trinajstić information content (AvgIpc) is 2.68. The van der Waals surface area contributed by atoms with Gasteiger partial charge in [0.25, 0.3) is 0 Å². The molecule has 2 heterocycles. The number of fused-ring (bicyclic) bond motifs is 1. The van der Waals surface area contributed by atoms with Crippen molar-refractivity contribution in [1.82, 2.24) is 10.6 Å². The Morgan fingerprint density at radius 3 is 2.76 bits per heavy atom. The van der Waals surface area contributed by atoms with Crippen LogP contribution in [0.25, 0.3) is 0 Å². The van der Waals surface area contributed by atoms with E-state index in [1.165, 1.54) is 44.5 Å². The van der Waals surface area contributed by atoms with Crippen molar-refractivity contribution in [3.8, 4) is 5.75 Å². The molecular formula is C20H33N3O2. The molecule has 2 aliphatic heterocycles. The third-order valence-electron chi connectivity index (χ3n) is 4.32. The van der Waals surface area contributed by atoms with Gasteiger partial charge in [-0.15, -0.1) is 0 Å². The number of aliphatic hydroxyl groups is 1. The van der Waals surface area contributed by atoms with Crippen LogP contribution in [0.5, 0.6) is 5.75 Å². The van der Waals surface area contributed by atoms with Crippen molar-refractivity contribution >= 4 is 11.9 Å². The quantitative estimate of drug-likeness (QED) is 0.728. The van der Waals surface area contributed by atoms with Crippen LogP contribution >= 0.6 is 0 Å². The number of nitrogens with zero attached hydrogens (tertiary/aromatic N) is 1. The second kappa shape index (κ2) is 13.4. The second-order valence-corrected chi connectivity index (χ2v) is 6.11. The Morgan fingerprint density at radius 2 is 2.12 bits per heavy atom. The first kappa shape index (κ1) is 21.2. The predicted octanol–water partition coefficient (Wildman–Crippen LogP) is 3.63. The largest absolute Gasteiger partial charge is 0.516 e. The molecule has 1 aromatic carbocycles. The summed E-state index contributed by atoms with van der Waals surface area (Å²) in [6, 6.07) is 6.01. The van der Waals surface area contributed by atoms with Crippen LogP contribution in [0.1, 0.15) is 31.2 Å². The molecule has 25 heavy (non-hydrogen) atoms. The van der Waals surface area contributed by atoms with E-state index >= 15 is 0 Å². The SMILES string of the molecule is C=CO.CNCCC1CCNCC1.COc1ccc2c(c1)CCC=N2. The number of aliphatic hydroxyl groups excluding tert-OH is 1. The standard InChI is InChI=1S/C10H11NO.C8H18N2.C2H4O/c1-12-9-4-5-10-8(7-9)3-2-6-11-10;1-9-5-2-8-3-6-10-7-4-8;1-2-3/h4-7H,2-3H2,1H3;8-10H,2-7H2,1H3;2-3H,1H2. The van der Waals surface area contributed by atoms with Crippen LogP contribution in [0, 0.1) is 5.92 Å². The Kier molecular flexibility index (Phi) is 11.4. The number of benzene rings is 1. The summed E-state index contributed by atoms with van der Waals surface area (Å²) in [5.41, 5.74) is 2.37. The van der Waals surface area contributed by atoms with E-state index in [1.54, 1.807) is 7.11 Å². The molecule has 140 valence electrons. The minimum Gasteiger partial charge on any atom is -0.516 e. The number of rotatable bonds is 4. The number of aliphatic imine (C=N–C) groups is 1. The predicted molar refractivity (Wildman–Crippen MR) is 106 cm³/mol. The molecule has 0 spiro atoms. The average molecular weight is 348 g/mol. The summed E-state index contributed by atoms with van der Waals surface area (Å²) in [4.78, 5) is 4.29. The van der Waals surface area contributed by atoms with E-state index in [-0.39, 0.29) is 0 Å². The fraction of sp³-hybridized carbons (Fsp3) is 0.550. The molecule has 1 fully saturated rings. The molecule has 0 atom stereocenters. The van der Waals surface area contributed by atoms with E-state index in [0.717, 1.165) is 36.5 Å². The van der Waals surface area contributed by atoms with E-state index in [4.69, 9.17) is 9.84 Å². The van der Waals surface area contributed by atoms with Crippen LogP contribution in [-0.4, -0.2) is 45.1 Å². The maximum Gasteiger partial charge on any atom is 0.119 e. The molecule has 5 heteroatoms. The van der Waals surface area contributed by atoms with Crippen LogP contribution in [0.15, 0.2) is 36.0 Å². The van der Waals surface area contributed by atoms with E-state index < -0.39 is 0 Å². The van der Waals surface area contributed by atoms with Gasteiger partial charge in [0, 0.05) is 6.21 Å². The van der Waals surface area contributed by atoms with Gasteiger partial charge in [-0.2, -0.15) is 0 Å². The normalized spacial score (nSPS) is 15.8. The van der Waals surface area contributed by atoms with Gasteiger partial charge in [0.15, 0.2) is 0 Å². The number of aryl methyl sites for hydroxylation is 1. The van der Waals surface area contributed by atoms with Crippen LogP contribution in [0.4, 0.5) is 5.69 Å². The topological polar surface area (TPSA) is 65.9 Å². The van der Waals surface area contributed by atoms with Gasteiger partial charge in [-0.05, 0) is 88.5 Å². The lowest BCUT2D eigenvalue weighted by atomic mass is 9.95. The molecule has 0 aliphatic carbocycles. The zero-order valence-electron chi connectivity index (χ0n) is 15.6. The lowest BCUT2D eigenvalue weighted by Crippen LogP contribution is -2.29. The highest BCUT2D eigenvalue weighted by Crippen LogP contribution is 2.27. The summed E-state index contributed by atoms with van der Waals surface area (Å²) in [7, 11) is 3.72. The third-order valence-corrected chi connectivity index (χ3v) is 4.32. The Balaban J connectivity index is 0.000000220. The van der Waals surface area contributed by atoms with Crippen molar-refractivity contribution in [2.45, 2.75) is 32.1 Å². The highest BCUT2D eigenvalue weighted by atomic mass is 16.5. The van der Waals surface area contributed by atoms with Crippen LogP contribution < -0.4 is 15.4 Å². The molecule has 0 saturated carbocycles. The Bertz CT molecular complexity index is 512. The number of nitrogens with one attached hydrogen (secondary N) is 2. The van der Waals surface area contributed by atoms with E-state index in [9.17, 15) is 0 Å². The van der Waals surface area contributed by atoms with Crippen LogP contribution in [-0.2, 0) is 6.42 Å². The number of piperidine rings is 1. The Labute approximate surface area is 152 Å². The minimum absolute atomic E-state index is 0.750. The zero-order valence-corrected chi connectivity index (χ0v) is 15.6. The molecule has 0 amide bonds. The Hall–Kier alpha value is -1.85. The van der Waals surface area contributed by atoms with Gasteiger partial charge in [0.1, 0.15) is 5.75 Å². The van der Waals surface area contributed by atoms with E-state index in [0.29, 0.717) is 0 Å². The molecule has 1 saturated heterocycles. The van der Waals surface area contributed by atoms with Crippen molar-refractivity contribution in [2.75, 3.05) is 33.8 Å². The molecule has 3 rings (SSSR count). The summed E-state index contributed by atoms with van der Waals surface area (Å²) >= 11 is 0. The van der Waals surface area contributed by atoms with Crippen molar-refractivity contribution in [1.29, 1.82) is 0 Å². The fourth-order valence-electron chi connectivity index (χ4n) is 2.92. The van der Waals surface area contributed by atoms with Gasteiger partial charge in [0.05, 0.1) is 19.1 Å². The van der Waals surface area contributed by atoms with Crippen LogP contribution in [0.2, 0.25) is 0 Å². The highest BCUT2D eigenvalue weighted by Gasteiger charge is 2.11.